The van der Waals surface area contributed by atoms with Crippen molar-refractivity contribution in [2.24, 2.45) is 0 Å². The second-order valence-electron chi connectivity index (χ2n) is 2.03. The molecule has 2 aromatic rings. The first kappa shape index (κ1) is 7.75. The Kier molecular flexibility index (Phi) is 1.86. The molecule has 0 saturated heterocycles. The van der Waals surface area contributed by atoms with Gasteiger partial charge in [0.1, 0.15) is 0 Å². The van der Waals surface area contributed by atoms with Crippen LogP contribution < -0.4 is 5.76 Å². The average molecular weight is 247 g/mol. The summed E-state index contributed by atoms with van der Waals surface area (Å²) in [6.45, 7) is 0. The van der Waals surface area contributed by atoms with E-state index >= 15 is 0 Å². The highest BCUT2D eigenvalue weighted by Gasteiger charge is 2.09. The quantitative estimate of drug-likeness (QED) is 0.836. The van der Waals surface area contributed by atoms with Crippen molar-refractivity contribution in [3.63, 3.8) is 0 Å². The van der Waals surface area contributed by atoms with Crippen molar-refractivity contribution in [1.29, 1.82) is 0 Å². The number of thiophene rings is 1. The molecule has 0 aliphatic heterocycles. The molecule has 1 N–H and O–H groups in total. The van der Waals surface area contributed by atoms with E-state index in [0.717, 1.165) is 9.35 Å². The monoisotopic (exact) mass is 246 g/mol. The fraction of sp³-hybridized carbons (Fsp3) is 0. The van der Waals surface area contributed by atoms with Crippen LogP contribution in [0.15, 0.2) is 24.4 Å². The summed E-state index contributed by atoms with van der Waals surface area (Å²) in [5.41, 5.74) is 0.790. The van der Waals surface area contributed by atoms with E-state index in [0.29, 0.717) is 5.89 Å². The smallest absolute Gasteiger partial charge is 0.388 e. The van der Waals surface area contributed by atoms with E-state index in [1.165, 1.54) is 11.3 Å². The van der Waals surface area contributed by atoms with E-state index < -0.39 is 5.76 Å². The largest absolute Gasteiger partial charge is 0.434 e. The Morgan fingerprint density at radius 1 is 1.67 bits per heavy atom. The van der Waals surface area contributed by atoms with Gasteiger partial charge in [0.05, 0.1) is 9.35 Å². The number of hydrogen-bond acceptors (Lipinski definition) is 4. The fourth-order valence-electron chi connectivity index (χ4n) is 0.791. The number of nitrogens with zero attached hydrogens (tertiary/aromatic N) is 1. The number of aromatic nitrogens is 2. The lowest BCUT2D eigenvalue weighted by molar-refractivity contribution is 0.527. The molecule has 0 aliphatic carbocycles. The molecule has 0 aliphatic rings. The van der Waals surface area contributed by atoms with Gasteiger partial charge in [-0.25, -0.2) is 9.89 Å². The van der Waals surface area contributed by atoms with E-state index in [4.69, 9.17) is 4.42 Å². The molecule has 2 heterocycles. The molecule has 0 aromatic carbocycles. The second kappa shape index (κ2) is 2.87. The molecule has 0 bridgehead atoms. The standard InChI is InChI=1S/C6H3BrN2O2S/c7-4-3(1-2-12-4)5-8-9-6(10)11-5/h1-2H,(H,9,10). The number of rotatable bonds is 1. The molecule has 12 heavy (non-hydrogen) atoms. The Morgan fingerprint density at radius 2 is 2.50 bits per heavy atom. The number of halogens is 1. The maximum atomic E-state index is 10.6. The summed E-state index contributed by atoms with van der Waals surface area (Å²) >= 11 is 4.82. The lowest BCUT2D eigenvalue weighted by atomic mass is 10.3. The SMILES string of the molecule is O=c1[nH]nc(-c2ccsc2Br)o1. The molecular formula is C6H3BrN2O2S. The topological polar surface area (TPSA) is 58.9 Å². The minimum absolute atomic E-state index is 0.313. The molecule has 0 radical (unpaired) electrons. The van der Waals surface area contributed by atoms with Crippen LogP contribution in [0, 0.1) is 0 Å². The number of H-pyrrole nitrogens is 1. The predicted octanol–water partition coefficient (Wildman–Crippen LogP) is 1.85. The Morgan fingerprint density at radius 3 is 3.00 bits per heavy atom. The minimum Gasteiger partial charge on any atom is -0.388 e. The van der Waals surface area contributed by atoms with Crippen molar-refractivity contribution in [2.45, 2.75) is 0 Å². The third-order valence-corrected chi connectivity index (χ3v) is 2.97. The van der Waals surface area contributed by atoms with Gasteiger partial charge in [0.2, 0.25) is 0 Å². The van der Waals surface area contributed by atoms with Crippen LogP contribution in [0.3, 0.4) is 0 Å². The van der Waals surface area contributed by atoms with E-state index in [1.54, 1.807) is 0 Å². The molecule has 4 nitrogen and oxygen atoms in total. The van der Waals surface area contributed by atoms with E-state index in [-0.39, 0.29) is 0 Å². The molecule has 62 valence electrons. The van der Waals surface area contributed by atoms with Crippen molar-refractivity contribution in [2.75, 3.05) is 0 Å². The number of nitrogens with one attached hydrogen (secondary N) is 1. The van der Waals surface area contributed by atoms with Crippen LogP contribution in [0.4, 0.5) is 0 Å². The molecular weight excluding hydrogens is 244 g/mol. The van der Waals surface area contributed by atoms with Crippen molar-refractivity contribution >= 4 is 27.3 Å². The Bertz CT molecular complexity index is 444. The van der Waals surface area contributed by atoms with Crippen LogP contribution >= 0.6 is 27.3 Å². The Balaban J connectivity index is 2.57. The van der Waals surface area contributed by atoms with Crippen LogP contribution in [-0.2, 0) is 0 Å². The third kappa shape index (κ3) is 1.23. The average Bonchev–Trinajstić information content (AvgIpc) is 2.58. The summed E-state index contributed by atoms with van der Waals surface area (Å²) in [5.74, 6) is -0.226. The van der Waals surface area contributed by atoms with Gasteiger partial charge in [-0.05, 0) is 27.4 Å². The zero-order chi connectivity index (χ0) is 8.55. The van der Waals surface area contributed by atoms with Gasteiger partial charge in [0.15, 0.2) is 0 Å². The van der Waals surface area contributed by atoms with Crippen molar-refractivity contribution in [3.8, 4) is 11.5 Å². The van der Waals surface area contributed by atoms with Crippen molar-refractivity contribution < 1.29 is 4.42 Å². The maximum Gasteiger partial charge on any atom is 0.434 e. The van der Waals surface area contributed by atoms with Gasteiger partial charge in [0.25, 0.3) is 5.89 Å². The molecule has 6 heteroatoms. The zero-order valence-corrected chi connectivity index (χ0v) is 8.11. The Labute approximate surface area is 79.4 Å². The van der Waals surface area contributed by atoms with Crippen LogP contribution in [0.1, 0.15) is 0 Å². The normalized spacial score (nSPS) is 10.4. The van der Waals surface area contributed by atoms with E-state index in [1.807, 2.05) is 11.4 Å². The first-order valence-electron chi connectivity index (χ1n) is 3.06. The first-order valence-corrected chi connectivity index (χ1v) is 4.73. The van der Waals surface area contributed by atoms with Crippen LogP contribution in [0.5, 0.6) is 0 Å². The molecule has 0 saturated carbocycles. The summed E-state index contributed by atoms with van der Waals surface area (Å²) in [7, 11) is 0. The lowest BCUT2D eigenvalue weighted by Gasteiger charge is -1.86. The van der Waals surface area contributed by atoms with Gasteiger partial charge in [-0.2, -0.15) is 0 Å². The van der Waals surface area contributed by atoms with Crippen molar-refractivity contribution in [1.82, 2.24) is 10.2 Å². The zero-order valence-electron chi connectivity index (χ0n) is 5.70. The fourth-order valence-corrected chi connectivity index (χ4v) is 2.02. The molecule has 0 unspecified atom stereocenters. The lowest BCUT2D eigenvalue weighted by Crippen LogP contribution is -1.93. The van der Waals surface area contributed by atoms with Gasteiger partial charge in [-0.3, -0.25) is 0 Å². The third-order valence-electron chi connectivity index (χ3n) is 1.29. The second-order valence-corrected chi connectivity index (χ2v) is 4.26. The number of hydrogen-bond donors (Lipinski definition) is 1. The summed E-state index contributed by atoms with van der Waals surface area (Å²) < 4.78 is 5.66. The molecule has 0 fully saturated rings. The first-order chi connectivity index (χ1) is 5.77. The predicted molar refractivity (Wildman–Crippen MR) is 48.1 cm³/mol. The molecule has 0 spiro atoms. The maximum absolute atomic E-state index is 10.6. The molecule has 2 rings (SSSR count). The summed E-state index contributed by atoms with van der Waals surface area (Å²) in [6.07, 6.45) is 0. The van der Waals surface area contributed by atoms with Crippen LogP contribution in [0.2, 0.25) is 0 Å². The van der Waals surface area contributed by atoms with Gasteiger partial charge in [0, 0.05) is 0 Å². The molecule has 2 aromatic heterocycles. The summed E-state index contributed by atoms with van der Waals surface area (Å²) in [4.78, 5) is 10.6. The van der Waals surface area contributed by atoms with Gasteiger partial charge >= 0.3 is 5.76 Å². The summed E-state index contributed by atoms with van der Waals surface area (Å²) in [6, 6.07) is 1.83. The minimum atomic E-state index is -0.539. The van der Waals surface area contributed by atoms with Crippen LogP contribution in [-0.4, -0.2) is 10.2 Å². The highest BCUT2D eigenvalue weighted by Crippen LogP contribution is 2.30. The van der Waals surface area contributed by atoms with Crippen molar-refractivity contribution in [3.05, 3.63) is 25.8 Å². The highest BCUT2D eigenvalue weighted by molar-refractivity contribution is 9.11. The van der Waals surface area contributed by atoms with Gasteiger partial charge < -0.3 is 4.42 Å². The van der Waals surface area contributed by atoms with E-state index in [2.05, 4.69) is 26.1 Å². The summed E-state index contributed by atoms with van der Waals surface area (Å²) in [5, 5.41) is 7.77. The highest BCUT2D eigenvalue weighted by atomic mass is 79.9. The number of aromatic amines is 1. The van der Waals surface area contributed by atoms with Crippen LogP contribution in [0.25, 0.3) is 11.5 Å². The Hall–Kier alpha value is -0.880. The van der Waals surface area contributed by atoms with Gasteiger partial charge in [-0.1, -0.05) is 0 Å². The van der Waals surface area contributed by atoms with Gasteiger partial charge in [-0.15, -0.1) is 16.4 Å². The molecule has 0 atom stereocenters. The van der Waals surface area contributed by atoms with E-state index in [9.17, 15) is 4.79 Å². The molecule has 0 amide bonds.